The van der Waals surface area contributed by atoms with Crippen LogP contribution in [0.15, 0.2) is 35.5 Å². The number of nitrogens with zero attached hydrogens (tertiary/aromatic N) is 3. The SMILES string of the molecule is COc1ccc(Cl)cc1-n1cc(S(=O)(=O)N2CC[C@@H](N)C2)cn1.Cl. The fourth-order valence-electron chi connectivity index (χ4n) is 2.53. The second kappa shape index (κ2) is 7.28. The highest BCUT2D eigenvalue weighted by Gasteiger charge is 2.32. The number of sulfonamides is 1. The molecule has 0 saturated carbocycles. The van der Waals surface area contributed by atoms with Gasteiger partial charge in [-0.2, -0.15) is 9.40 Å². The van der Waals surface area contributed by atoms with Crippen molar-refractivity contribution in [1.29, 1.82) is 0 Å². The van der Waals surface area contributed by atoms with Crippen molar-refractivity contribution < 1.29 is 13.2 Å². The number of ether oxygens (including phenoxy) is 1. The summed E-state index contributed by atoms with van der Waals surface area (Å²) in [7, 11) is -2.06. The van der Waals surface area contributed by atoms with Gasteiger partial charge in [-0.3, -0.25) is 0 Å². The van der Waals surface area contributed by atoms with Gasteiger partial charge in [-0.05, 0) is 24.6 Å². The Morgan fingerprint density at radius 1 is 1.42 bits per heavy atom. The van der Waals surface area contributed by atoms with Crippen molar-refractivity contribution in [1.82, 2.24) is 14.1 Å². The molecule has 132 valence electrons. The Morgan fingerprint density at radius 3 is 2.79 bits per heavy atom. The van der Waals surface area contributed by atoms with Gasteiger partial charge < -0.3 is 10.5 Å². The van der Waals surface area contributed by atoms with Gasteiger partial charge in [0, 0.05) is 24.2 Å². The summed E-state index contributed by atoms with van der Waals surface area (Å²) >= 11 is 6.00. The molecule has 0 radical (unpaired) electrons. The molecule has 3 rings (SSSR count). The summed E-state index contributed by atoms with van der Waals surface area (Å²) < 4.78 is 33.3. The van der Waals surface area contributed by atoms with Crippen molar-refractivity contribution >= 4 is 34.0 Å². The van der Waals surface area contributed by atoms with Gasteiger partial charge in [0.05, 0.1) is 19.5 Å². The summed E-state index contributed by atoms with van der Waals surface area (Å²) in [6, 6.07) is 4.94. The second-order valence-electron chi connectivity index (χ2n) is 5.35. The third-order valence-corrected chi connectivity index (χ3v) is 5.82. The molecule has 1 aliphatic rings. The molecule has 7 nitrogen and oxygen atoms in total. The van der Waals surface area contributed by atoms with E-state index in [1.54, 1.807) is 18.2 Å². The van der Waals surface area contributed by atoms with E-state index < -0.39 is 10.0 Å². The Morgan fingerprint density at radius 2 is 2.17 bits per heavy atom. The van der Waals surface area contributed by atoms with Crippen molar-refractivity contribution in [3.05, 3.63) is 35.6 Å². The van der Waals surface area contributed by atoms with Gasteiger partial charge in [-0.1, -0.05) is 11.6 Å². The molecule has 0 amide bonds. The summed E-state index contributed by atoms with van der Waals surface area (Å²) in [4.78, 5) is 0.119. The van der Waals surface area contributed by atoms with Crippen LogP contribution >= 0.6 is 24.0 Å². The average Bonchev–Trinajstić information content (AvgIpc) is 3.16. The number of rotatable bonds is 4. The first-order chi connectivity index (χ1) is 10.9. The van der Waals surface area contributed by atoms with E-state index in [1.807, 2.05) is 0 Å². The average molecular weight is 393 g/mol. The van der Waals surface area contributed by atoms with E-state index in [0.29, 0.717) is 36.0 Å². The van der Waals surface area contributed by atoms with E-state index in [1.165, 1.54) is 28.5 Å². The molecule has 0 bridgehead atoms. The number of halogens is 2. The van der Waals surface area contributed by atoms with E-state index >= 15 is 0 Å². The highest BCUT2D eigenvalue weighted by atomic mass is 35.5. The van der Waals surface area contributed by atoms with Gasteiger partial charge in [0.2, 0.25) is 10.0 Å². The lowest BCUT2D eigenvalue weighted by Gasteiger charge is -2.14. The Bertz CT molecular complexity index is 825. The number of aromatic nitrogens is 2. The molecule has 1 aliphatic heterocycles. The predicted octanol–water partition coefficient (Wildman–Crippen LogP) is 1.68. The fraction of sp³-hybridized carbons (Fsp3) is 0.357. The first kappa shape index (κ1) is 19.0. The molecule has 1 aromatic carbocycles. The topological polar surface area (TPSA) is 90.5 Å². The third kappa shape index (κ3) is 3.52. The lowest BCUT2D eigenvalue weighted by Crippen LogP contribution is -2.31. The van der Waals surface area contributed by atoms with Crippen LogP contribution in [0.25, 0.3) is 5.69 Å². The summed E-state index contributed by atoms with van der Waals surface area (Å²) in [5.74, 6) is 0.546. The molecule has 1 atom stereocenters. The molecule has 0 spiro atoms. The predicted molar refractivity (Wildman–Crippen MR) is 93.7 cm³/mol. The van der Waals surface area contributed by atoms with Crippen molar-refractivity contribution in [3.63, 3.8) is 0 Å². The summed E-state index contributed by atoms with van der Waals surface area (Å²) in [6.45, 7) is 0.753. The summed E-state index contributed by atoms with van der Waals surface area (Å²) in [5.41, 5.74) is 6.36. The van der Waals surface area contributed by atoms with E-state index in [2.05, 4.69) is 5.10 Å². The summed E-state index contributed by atoms with van der Waals surface area (Å²) in [5, 5.41) is 4.64. The largest absolute Gasteiger partial charge is 0.494 e. The van der Waals surface area contributed by atoms with Gasteiger partial charge in [-0.25, -0.2) is 13.1 Å². The monoisotopic (exact) mass is 392 g/mol. The molecule has 0 unspecified atom stereocenters. The molecule has 2 N–H and O–H groups in total. The number of hydrogen-bond donors (Lipinski definition) is 1. The van der Waals surface area contributed by atoms with Crippen molar-refractivity contribution in [2.24, 2.45) is 5.73 Å². The zero-order valence-electron chi connectivity index (χ0n) is 12.9. The third-order valence-electron chi connectivity index (χ3n) is 3.77. The minimum Gasteiger partial charge on any atom is -0.494 e. The number of benzene rings is 1. The minimum atomic E-state index is -3.59. The molecular weight excluding hydrogens is 375 g/mol. The molecular formula is C14H18Cl2N4O3S. The van der Waals surface area contributed by atoms with Crippen LogP contribution in [0.3, 0.4) is 0 Å². The molecule has 2 aromatic rings. The second-order valence-corrected chi connectivity index (χ2v) is 7.72. The maximum absolute atomic E-state index is 12.6. The van der Waals surface area contributed by atoms with Crippen LogP contribution in [-0.4, -0.2) is 48.7 Å². The normalized spacial score (nSPS) is 18.4. The maximum Gasteiger partial charge on any atom is 0.246 e. The number of nitrogens with two attached hydrogens (primary N) is 1. The highest BCUT2D eigenvalue weighted by Crippen LogP contribution is 2.27. The number of methoxy groups -OCH3 is 1. The van der Waals surface area contributed by atoms with Crippen LogP contribution in [0.2, 0.25) is 5.02 Å². The zero-order chi connectivity index (χ0) is 16.6. The first-order valence-electron chi connectivity index (χ1n) is 7.06. The highest BCUT2D eigenvalue weighted by molar-refractivity contribution is 7.89. The molecule has 0 aliphatic carbocycles. The van der Waals surface area contributed by atoms with E-state index in [4.69, 9.17) is 22.1 Å². The van der Waals surface area contributed by atoms with Crippen molar-refractivity contribution in [3.8, 4) is 11.4 Å². The fourth-order valence-corrected chi connectivity index (χ4v) is 4.15. The van der Waals surface area contributed by atoms with Crippen molar-refractivity contribution in [2.45, 2.75) is 17.4 Å². The van der Waals surface area contributed by atoms with Gasteiger partial charge in [0.25, 0.3) is 0 Å². The lowest BCUT2D eigenvalue weighted by molar-refractivity contribution is 0.411. The molecule has 24 heavy (non-hydrogen) atoms. The maximum atomic E-state index is 12.6. The van der Waals surface area contributed by atoms with E-state index in [9.17, 15) is 8.42 Å². The van der Waals surface area contributed by atoms with Crippen LogP contribution < -0.4 is 10.5 Å². The Balaban J connectivity index is 0.00000208. The standard InChI is InChI=1S/C14H17ClN4O3S.ClH/c1-22-14-3-2-10(15)6-13(14)19-9-12(7-17-19)23(20,21)18-5-4-11(16)8-18;/h2-3,6-7,9,11H,4-5,8,16H2,1H3;1H/t11-;/m1./s1. The molecule has 10 heteroatoms. The van der Waals surface area contributed by atoms with Crippen LogP contribution in [0.1, 0.15) is 6.42 Å². The quantitative estimate of drug-likeness (QED) is 0.854. The summed E-state index contributed by atoms with van der Waals surface area (Å²) in [6.07, 6.45) is 3.43. The molecule has 1 saturated heterocycles. The van der Waals surface area contributed by atoms with Crippen molar-refractivity contribution in [2.75, 3.05) is 20.2 Å². The molecule has 2 heterocycles. The van der Waals surface area contributed by atoms with Crippen LogP contribution in [0.4, 0.5) is 0 Å². The Labute approximate surface area is 151 Å². The Kier molecular flexibility index (Phi) is 5.77. The zero-order valence-corrected chi connectivity index (χ0v) is 15.3. The molecule has 1 fully saturated rings. The van der Waals surface area contributed by atoms with Gasteiger partial charge in [0.1, 0.15) is 16.3 Å². The van der Waals surface area contributed by atoms with E-state index in [-0.39, 0.29) is 23.3 Å². The van der Waals surface area contributed by atoms with Crippen LogP contribution in [0.5, 0.6) is 5.75 Å². The lowest BCUT2D eigenvalue weighted by atomic mass is 10.3. The van der Waals surface area contributed by atoms with Gasteiger partial charge in [0.15, 0.2) is 0 Å². The van der Waals surface area contributed by atoms with E-state index in [0.717, 1.165) is 0 Å². The van der Waals surface area contributed by atoms with Crippen LogP contribution in [0, 0.1) is 0 Å². The van der Waals surface area contributed by atoms with Gasteiger partial charge in [-0.15, -0.1) is 12.4 Å². The Hall–Kier alpha value is -1.32. The minimum absolute atomic E-state index is 0. The smallest absolute Gasteiger partial charge is 0.246 e. The van der Waals surface area contributed by atoms with Crippen LogP contribution in [-0.2, 0) is 10.0 Å². The molecule has 1 aromatic heterocycles. The first-order valence-corrected chi connectivity index (χ1v) is 8.88. The number of hydrogen-bond acceptors (Lipinski definition) is 5. The van der Waals surface area contributed by atoms with Gasteiger partial charge >= 0.3 is 0 Å².